The summed E-state index contributed by atoms with van der Waals surface area (Å²) in [5.74, 6) is 0. The maximum absolute atomic E-state index is 4.36. The molecule has 0 aliphatic heterocycles. The Hall–Kier alpha value is -2.72. The van der Waals surface area contributed by atoms with Gasteiger partial charge in [-0.05, 0) is 41.8 Å². The number of anilines is 3. The summed E-state index contributed by atoms with van der Waals surface area (Å²) in [4.78, 5) is 10.8. The van der Waals surface area contributed by atoms with E-state index in [1.807, 2.05) is 24.4 Å². The Kier molecular flexibility index (Phi) is 3.29. The van der Waals surface area contributed by atoms with Crippen molar-refractivity contribution in [3.8, 4) is 0 Å². The highest BCUT2D eigenvalue weighted by Gasteiger charge is 2.15. The molecule has 0 radical (unpaired) electrons. The van der Waals surface area contributed by atoms with Gasteiger partial charge in [0.2, 0.25) is 0 Å². The Labute approximate surface area is 132 Å². The monoisotopic (exact) mass is 303 g/mol. The van der Waals surface area contributed by atoms with Crippen LogP contribution in [0.3, 0.4) is 0 Å². The van der Waals surface area contributed by atoms with Gasteiger partial charge in [-0.1, -0.05) is 24.3 Å². The van der Waals surface area contributed by atoms with E-state index in [1.54, 1.807) is 17.7 Å². The molecule has 22 heavy (non-hydrogen) atoms. The largest absolute Gasteiger partial charge is 0.301 e. The molecule has 0 unspecified atom stereocenters. The van der Waals surface area contributed by atoms with Crippen LogP contribution < -0.4 is 4.90 Å². The van der Waals surface area contributed by atoms with E-state index < -0.39 is 0 Å². The van der Waals surface area contributed by atoms with Crippen LogP contribution in [0.15, 0.2) is 78.6 Å². The van der Waals surface area contributed by atoms with Crippen LogP contribution in [0.5, 0.6) is 0 Å². The predicted molar refractivity (Wildman–Crippen MR) is 92.1 cm³/mol. The standard InChI is InChI=1S/C18H13N3S/c1-2-6-14(7-3-1)21(18-10-5-11-22-18)17-9-4-8-16-15(17)12-19-13-20-16/h1-13H. The second-order valence-corrected chi connectivity index (χ2v) is 5.78. The molecule has 0 saturated heterocycles. The zero-order chi connectivity index (χ0) is 14.8. The molecule has 0 spiro atoms. The number of nitrogens with zero attached hydrogens (tertiary/aromatic N) is 3. The van der Waals surface area contributed by atoms with Crippen molar-refractivity contribution in [2.45, 2.75) is 0 Å². The Morgan fingerprint density at radius 2 is 1.77 bits per heavy atom. The summed E-state index contributed by atoms with van der Waals surface area (Å²) >= 11 is 1.71. The number of para-hydroxylation sites is 1. The number of benzene rings is 2. The maximum Gasteiger partial charge on any atom is 0.116 e. The summed E-state index contributed by atoms with van der Waals surface area (Å²) < 4.78 is 0. The van der Waals surface area contributed by atoms with Crippen LogP contribution in [0.4, 0.5) is 16.4 Å². The molecule has 0 aliphatic rings. The number of hydrogen-bond donors (Lipinski definition) is 0. The van der Waals surface area contributed by atoms with Crippen molar-refractivity contribution in [2.75, 3.05) is 4.90 Å². The van der Waals surface area contributed by atoms with Crippen molar-refractivity contribution in [3.63, 3.8) is 0 Å². The highest BCUT2D eigenvalue weighted by atomic mass is 32.1. The SMILES string of the molecule is c1ccc(N(c2cccs2)c2cccc3ncncc23)cc1. The minimum atomic E-state index is 0.949. The average molecular weight is 303 g/mol. The lowest BCUT2D eigenvalue weighted by molar-refractivity contribution is 1.21. The number of hydrogen-bond acceptors (Lipinski definition) is 4. The van der Waals surface area contributed by atoms with Crippen LogP contribution in [-0.4, -0.2) is 9.97 Å². The van der Waals surface area contributed by atoms with Crippen LogP contribution in [0.1, 0.15) is 0 Å². The van der Waals surface area contributed by atoms with E-state index in [4.69, 9.17) is 0 Å². The third kappa shape index (κ3) is 2.23. The smallest absolute Gasteiger partial charge is 0.116 e. The summed E-state index contributed by atoms with van der Waals surface area (Å²) in [6, 6.07) is 20.7. The van der Waals surface area contributed by atoms with E-state index in [-0.39, 0.29) is 0 Å². The van der Waals surface area contributed by atoms with Gasteiger partial charge >= 0.3 is 0 Å². The molecule has 4 heteroatoms. The van der Waals surface area contributed by atoms with Gasteiger partial charge in [-0.3, -0.25) is 0 Å². The van der Waals surface area contributed by atoms with E-state index in [0.717, 1.165) is 22.3 Å². The van der Waals surface area contributed by atoms with E-state index in [1.165, 1.54) is 5.00 Å². The van der Waals surface area contributed by atoms with Crippen molar-refractivity contribution >= 4 is 38.6 Å². The quantitative estimate of drug-likeness (QED) is 0.523. The Morgan fingerprint density at radius 1 is 0.864 bits per heavy atom. The molecule has 3 nitrogen and oxygen atoms in total. The molecule has 2 aromatic heterocycles. The molecular weight excluding hydrogens is 290 g/mol. The third-order valence-corrected chi connectivity index (χ3v) is 4.36. The summed E-state index contributed by atoms with van der Waals surface area (Å²) in [5.41, 5.74) is 3.16. The van der Waals surface area contributed by atoms with Gasteiger partial charge in [0.25, 0.3) is 0 Å². The van der Waals surface area contributed by atoms with Gasteiger partial charge in [-0.15, -0.1) is 11.3 Å². The number of aromatic nitrogens is 2. The first-order valence-electron chi connectivity index (χ1n) is 7.01. The Balaban J connectivity index is 1.98. The van der Waals surface area contributed by atoms with Crippen LogP contribution in [0.25, 0.3) is 10.9 Å². The predicted octanol–water partition coefficient (Wildman–Crippen LogP) is 5.16. The van der Waals surface area contributed by atoms with Crippen molar-refractivity contribution in [1.29, 1.82) is 0 Å². The lowest BCUT2D eigenvalue weighted by atomic mass is 10.1. The van der Waals surface area contributed by atoms with Crippen LogP contribution in [0, 0.1) is 0 Å². The zero-order valence-electron chi connectivity index (χ0n) is 11.8. The van der Waals surface area contributed by atoms with Gasteiger partial charge in [0.05, 0.1) is 16.2 Å². The fourth-order valence-corrected chi connectivity index (χ4v) is 3.31. The van der Waals surface area contributed by atoms with Gasteiger partial charge in [0, 0.05) is 17.3 Å². The molecule has 106 valence electrons. The number of fused-ring (bicyclic) bond motifs is 1. The van der Waals surface area contributed by atoms with E-state index >= 15 is 0 Å². The summed E-state index contributed by atoms with van der Waals surface area (Å²) in [5, 5.41) is 4.30. The molecule has 2 aromatic carbocycles. The number of rotatable bonds is 3. The Bertz CT molecular complexity index is 883. The van der Waals surface area contributed by atoms with Crippen LogP contribution >= 0.6 is 11.3 Å². The fraction of sp³-hybridized carbons (Fsp3) is 0. The lowest BCUT2D eigenvalue weighted by Gasteiger charge is -2.24. The van der Waals surface area contributed by atoms with Gasteiger partial charge in [0.15, 0.2) is 0 Å². The zero-order valence-corrected chi connectivity index (χ0v) is 12.6. The molecule has 4 aromatic rings. The molecule has 0 saturated carbocycles. The maximum atomic E-state index is 4.36. The summed E-state index contributed by atoms with van der Waals surface area (Å²) in [7, 11) is 0. The molecule has 4 rings (SSSR count). The molecule has 0 aliphatic carbocycles. The molecule has 0 N–H and O–H groups in total. The van der Waals surface area contributed by atoms with E-state index in [9.17, 15) is 0 Å². The first-order valence-corrected chi connectivity index (χ1v) is 7.89. The van der Waals surface area contributed by atoms with E-state index in [2.05, 4.69) is 62.7 Å². The minimum absolute atomic E-state index is 0.949. The van der Waals surface area contributed by atoms with Crippen LogP contribution in [-0.2, 0) is 0 Å². The first kappa shape index (κ1) is 13.0. The highest BCUT2D eigenvalue weighted by molar-refractivity contribution is 7.14. The van der Waals surface area contributed by atoms with Crippen molar-refractivity contribution < 1.29 is 0 Å². The van der Waals surface area contributed by atoms with Crippen LogP contribution in [0.2, 0.25) is 0 Å². The number of thiophene rings is 1. The first-order chi connectivity index (χ1) is 10.9. The summed E-state index contributed by atoms with van der Waals surface area (Å²) in [6.45, 7) is 0. The lowest BCUT2D eigenvalue weighted by Crippen LogP contribution is -2.08. The highest BCUT2D eigenvalue weighted by Crippen LogP contribution is 2.39. The second kappa shape index (κ2) is 5.58. The second-order valence-electron chi connectivity index (χ2n) is 4.85. The molecule has 2 heterocycles. The molecule has 0 atom stereocenters. The summed E-state index contributed by atoms with van der Waals surface area (Å²) in [6.07, 6.45) is 3.46. The van der Waals surface area contributed by atoms with Gasteiger partial charge in [-0.25, -0.2) is 9.97 Å². The van der Waals surface area contributed by atoms with Gasteiger partial charge in [-0.2, -0.15) is 0 Å². The molecular formula is C18H13N3S. The van der Waals surface area contributed by atoms with Crippen molar-refractivity contribution in [1.82, 2.24) is 9.97 Å². The van der Waals surface area contributed by atoms with Gasteiger partial charge < -0.3 is 4.90 Å². The normalized spacial score (nSPS) is 10.7. The average Bonchev–Trinajstić information content (AvgIpc) is 3.11. The fourth-order valence-electron chi connectivity index (χ4n) is 2.54. The topological polar surface area (TPSA) is 29.0 Å². The van der Waals surface area contributed by atoms with Gasteiger partial charge in [0.1, 0.15) is 6.33 Å². The molecule has 0 bridgehead atoms. The molecule has 0 amide bonds. The van der Waals surface area contributed by atoms with Crippen molar-refractivity contribution in [2.24, 2.45) is 0 Å². The Morgan fingerprint density at radius 3 is 2.59 bits per heavy atom. The third-order valence-electron chi connectivity index (χ3n) is 3.51. The molecule has 0 fully saturated rings. The van der Waals surface area contributed by atoms with Crippen molar-refractivity contribution in [3.05, 3.63) is 78.6 Å². The van der Waals surface area contributed by atoms with E-state index in [0.29, 0.717) is 0 Å². The minimum Gasteiger partial charge on any atom is -0.301 e.